The number of aliphatic imine (C=N–C) groups is 1. The van der Waals surface area contributed by atoms with E-state index in [0.29, 0.717) is 30.1 Å². The molecule has 5 nitrogen and oxygen atoms in total. The predicted octanol–water partition coefficient (Wildman–Crippen LogP) is 6.41. The molecule has 1 aliphatic carbocycles. The van der Waals surface area contributed by atoms with E-state index in [-0.39, 0.29) is 5.97 Å². The van der Waals surface area contributed by atoms with Gasteiger partial charge in [-0.2, -0.15) is 0 Å². The van der Waals surface area contributed by atoms with E-state index in [1.165, 1.54) is 0 Å². The van der Waals surface area contributed by atoms with Crippen LogP contribution < -0.4 is 5.36 Å². The van der Waals surface area contributed by atoms with E-state index in [0.717, 1.165) is 44.2 Å². The Morgan fingerprint density at radius 3 is 2.58 bits per heavy atom. The molecule has 0 radical (unpaired) electrons. The summed E-state index contributed by atoms with van der Waals surface area (Å²) in [5.74, 6) is 2.94. The van der Waals surface area contributed by atoms with Gasteiger partial charge in [-0.3, -0.25) is 4.99 Å². The zero-order valence-electron chi connectivity index (χ0n) is 19.4. The van der Waals surface area contributed by atoms with Crippen LogP contribution in [-0.4, -0.2) is 25.0 Å². The molecular formula is C28H26N2O3. The van der Waals surface area contributed by atoms with Crippen molar-refractivity contribution in [3.05, 3.63) is 77.2 Å². The molecule has 5 heteroatoms. The van der Waals surface area contributed by atoms with Gasteiger partial charge in [0.2, 0.25) is 0 Å². The summed E-state index contributed by atoms with van der Waals surface area (Å²) in [6.07, 6.45) is 0. The maximum absolute atomic E-state index is 12.8. The molecule has 2 aromatic rings. The van der Waals surface area contributed by atoms with Crippen LogP contribution in [0.1, 0.15) is 35.3 Å². The molecule has 1 aliphatic heterocycles. The van der Waals surface area contributed by atoms with Crippen molar-refractivity contribution < 1.29 is 13.9 Å². The third-order valence-electron chi connectivity index (χ3n) is 5.57. The van der Waals surface area contributed by atoms with Crippen LogP contribution in [0.3, 0.4) is 0 Å². The van der Waals surface area contributed by atoms with E-state index < -0.39 is 0 Å². The molecule has 0 bridgehead atoms. The Balaban J connectivity index is 2.19. The summed E-state index contributed by atoms with van der Waals surface area (Å²) in [5.41, 5.74) is 6.51. The Morgan fingerprint density at radius 1 is 1.06 bits per heavy atom. The zero-order chi connectivity index (χ0) is 23.5. The van der Waals surface area contributed by atoms with E-state index >= 15 is 0 Å². The lowest BCUT2D eigenvalue weighted by atomic mass is 9.89. The first-order valence-corrected chi connectivity index (χ1v) is 11.0. The molecule has 0 saturated heterocycles. The molecule has 33 heavy (non-hydrogen) atoms. The minimum absolute atomic E-state index is 0.307. The zero-order valence-corrected chi connectivity index (χ0v) is 19.4. The van der Waals surface area contributed by atoms with Crippen molar-refractivity contribution >= 4 is 28.5 Å². The van der Waals surface area contributed by atoms with Crippen molar-refractivity contribution in [2.24, 2.45) is 9.98 Å². The molecule has 4 rings (SSSR count). The highest BCUT2D eigenvalue weighted by Gasteiger charge is 2.23. The van der Waals surface area contributed by atoms with Gasteiger partial charge in [0.05, 0.1) is 23.2 Å². The largest absolute Gasteiger partial charge is 0.462 e. The molecule has 0 spiro atoms. The minimum Gasteiger partial charge on any atom is -0.462 e. The van der Waals surface area contributed by atoms with Crippen LogP contribution >= 0.6 is 0 Å². The van der Waals surface area contributed by atoms with E-state index in [4.69, 9.17) is 9.15 Å². The average molecular weight is 439 g/mol. The van der Waals surface area contributed by atoms with E-state index in [9.17, 15) is 4.79 Å². The highest BCUT2D eigenvalue weighted by molar-refractivity contribution is 6.08. The standard InChI is InChI=1S/C28H26N2O3/c1-6-29-23-15-25-21(13-17(23)4)27(19-11-9-10-12-20(19)28(31)32-8-3)22-14-18(5)24(30-7-2)16-26(22)33-25/h9-16H,1,7-8H2,2-5H3. The van der Waals surface area contributed by atoms with Crippen molar-refractivity contribution in [1.82, 2.24) is 0 Å². The fourth-order valence-corrected chi connectivity index (χ4v) is 4.10. The Labute approximate surface area is 193 Å². The quantitative estimate of drug-likeness (QED) is 0.206. The maximum atomic E-state index is 12.8. The Bertz CT molecular complexity index is 1460. The van der Waals surface area contributed by atoms with Crippen molar-refractivity contribution in [1.29, 1.82) is 0 Å². The van der Waals surface area contributed by atoms with Crippen LogP contribution in [-0.2, 0) is 4.74 Å². The lowest BCUT2D eigenvalue weighted by Gasteiger charge is -2.19. The molecular weight excluding hydrogens is 412 g/mol. The average Bonchev–Trinajstić information content (AvgIpc) is 2.80. The topological polar surface area (TPSA) is 64.2 Å². The third kappa shape index (κ3) is 4.11. The predicted molar refractivity (Wildman–Crippen MR) is 133 cm³/mol. The summed E-state index contributed by atoms with van der Waals surface area (Å²) in [7, 11) is 0. The van der Waals surface area contributed by atoms with Gasteiger partial charge in [-0.15, -0.1) is 0 Å². The van der Waals surface area contributed by atoms with Crippen molar-refractivity contribution in [2.45, 2.75) is 27.7 Å². The Kier molecular flexibility index (Phi) is 6.25. The summed E-state index contributed by atoms with van der Waals surface area (Å²) in [4.78, 5) is 21.7. The van der Waals surface area contributed by atoms with Crippen LogP contribution in [0.15, 0.2) is 69.5 Å². The lowest BCUT2D eigenvalue weighted by molar-refractivity contribution is 0.0527. The summed E-state index contributed by atoms with van der Waals surface area (Å²) >= 11 is 0. The van der Waals surface area contributed by atoms with Crippen molar-refractivity contribution in [2.75, 3.05) is 13.2 Å². The fourth-order valence-electron chi connectivity index (χ4n) is 4.10. The third-order valence-corrected chi connectivity index (χ3v) is 5.57. The van der Waals surface area contributed by atoms with Gasteiger partial charge in [0, 0.05) is 35.2 Å². The lowest BCUT2D eigenvalue weighted by Crippen LogP contribution is -2.10. The molecule has 0 unspecified atom stereocenters. The number of carbonyl (C=O) groups excluding carboxylic acids is 1. The van der Waals surface area contributed by atoms with E-state index in [1.807, 2.05) is 57.2 Å². The molecule has 0 atom stereocenters. The number of rotatable bonds is 5. The number of aryl methyl sites for hydroxylation is 2. The number of hydrogen-bond donors (Lipinski definition) is 0. The summed E-state index contributed by atoms with van der Waals surface area (Å²) in [6.45, 7) is 12.4. The molecule has 0 aromatic heterocycles. The molecule has 2 aliphatic rings. The second-order valence-electron chi connectivity index (χ2n) is 7.76. The number of nitrogens with zero attached hydrogens (tertiary/aromatic N) is 2. The van der Waals surface area contributed by atoms with Crippen molar-refractivity contribution in [3.63, 3.8) is 0 Å². The fraction of sp³-hybridized carbons (Fsp3) is 0.214. The number of hydrogen-bond acceptors (Lipinski definition) is 5. The second-order valence-corrected chi connectivity index (χ2v) is 7.76. The smallest absolute Gasteiger partial charge is 0.338 e. The SMILES string of the molecule is C=C=Nc1cc2oc3cc(=NCC)c(C)cc-3c(-c3ccccc3C(=O)OCC)c2cc1C. The highest BCUT2D eigenvalue weighted by Crippen LogP contribution is 2.43. The Morgan fingerprint density at radius 2 is 1.85 bits per heavy atom. The maximum Gasteiger partial charge on any atom is 0.338 e. The van der Waals surface area contributed by atoms with Crippen LogP contribution in [0.25, 0.3) is 33.4 Å². The molecule has 1 heterocycles. The number of fused-ring (bicyclic) bond motifs is 2. The van der Waals surface area contributed by atoms with Crippen LogP contribution in [0, 0.1) is 13.8 Å². The van der Waals surface area contributed by atoms with Gasteiger partial charge in [-0.25, -0.2) is 9.79 Å². The molecule has 0 amide bonds. The number of esters is 1. The van der Waals surface area contributed by atoms with E-state index in [2.05, 4.69) is 28.5 Å². The van der Waals surface area contributed by atoms with Gasteiger partial charge < -0.3 is 9.15 Å². The monoisotopic (exact) mass is 438 g/mol. The number of ether oxygens (including phenoxy) is 1. The Hall–Kier alpha value is -3.95. The van der Waals surface area contributed by atoms with Gasteiger partial charge in [0.1, 0.15) is 11.3 Å². The summed E-state index contributed by atoms with van der Waals surface area (Å²) in [5, 5.41) is 1.77. The van der Waals surface area contributed by atoms with Gasteiger partial charge in [0.25, 0.3) is 0 Å². The minimum atomic E-state index is -0.353. The number of carbonyl (C=O) groups is 1. The second kappa shape index (κ2) is 9.27. The molecule has 0 saturated carbocycles. The van der Waals surface area contributed by atoms with Crippen LogP contribution in [0.2, 0.25) is 0 Å². The molecule has 2 aromatic carbocycles. The van der Waals surface area contributed by atoms with Gasteiger partial charge in [-0.05, 0) is 75.0 Å². The van der Waals surface area contributed by atoms with Gasteiger partial charge in [0.15, 0.2) is 0 Å². The van der Waals surface area contributed by atoms with Crippen molar-refractivity contribution in [3.8, 4) is 22.5 Å². The van der Waals surface area contributed by atoms with Gasteiger partial charge >= 0.3 is 5.97 Å². The molecule has 166 valence electrons. The first-order valence-electron chi connectivity index (χ1n) is 11.0. The normalized spacial score (nSPS) is 11.6. The molecule has 0 fully saturated rings. The van der Waals surface area contributed by atoms with Gasteiger partial charge in [-0.1, -0.05) is 18.2 Å². The van der Waals surface area contributed by atoms with Crippen LogP contribution in [0.4, 0.5) is 5.69 Å². The first kappa shape index (κ1) is 22.3. The number of benzene rings is 3. The summed E-state index contributed by atoms with van der Waals surface area (Å²) < 4.78 is 11.7. The summed E-state index contributed by atoms with van der Waals surface area (Å²) in [6, 6.07) is 15.5. The molecule has 0 N–H and O–H groups in total. The highest BCUT2D eigenvalue weighted by atomic mass is 16.5. The van der Waals surface area contributed by atoms with E-state index in [1.54, 1.807) is 13.0 Å². The van der Waals surface area contributed by atoms with Crippen LogP contribution in [0.5, 0.6) is 0 Å². The first-order chi connectivity index (χ1) is 16.0.